The largest absolute Gasteiger partial charge is 0.493 e. The van der Waals surface area contributed by atoms with Crippen LogP contribution in [0.15, 0.2) is 30.5 Å². The van der Waals surface area contributed by atoms with E-state index < -0.39 is 0 Å². The summed E-state index contributed by atoms with van der Waals surface area (Å²) in [7, 11) is 4.66. The highest BCUT2D eigenvalue weighted by Gasteiger charge is 2.20. The summed E-state index contributed by atoms with van der Waals surface area (Å²) in [6, 6.07) is 7.26. The molecule has 0 bridgehead atoms. The molecule has 9 heteroatoms. The van der Waals surface area contributed by atoms with Crippen molar-refractivity contribution in [3.63, 3.8) is 0 Å². The molecule has 0 unspecified atom stereocenters. The van der Waals surface area contributed by atoms with Gasteiger partial charge in [-0.3, -0.25) is 4.98 Å². The SMILES string of the molecule is COc1cc(Oc2nc(-c3ccc(C)nc3)nn3c(C)nc(C)c23)cc(OC)c1OC. The van der Waals surface area contributed by atoms with Crippen molar-refractivity contribution in [2.45, 2.75) is 20.8 Å². The van der Waals surface area contributed by atoms with Crippen molar-refractivity contribution in [3.8, 4) is 40.3 Å². The van der Waals surface area contributed by atoms with Gasteiger partial charge in [0.1, 0.15) is 11.6 Å². The van der Waals surface area contributed by atoms with Crippen molar-refractivity contribution < 1.29 is 18.9 Å². The smallest absolute Gasteiger partial charge is 0.249 e. The lowest BCUT2D eigenvalue weighted by Crippen LogP contribution is -2.04. The Bertz CT molecular complexity index is 1230. The van der Waals surface area contributed by atoms with Crippen LogP contribution in [-0.2, 0) is 0 Å². The molecule has 1 aromatic carbocycles. The van der Waals surface area contributed by atoms with Gasteiger partial charge >= 0.3 is 0 Å². The van der Waals surface area contributed by atoms with Gasteiger partial charge in [0.15, 0.2) is 22.8 Å². The van der Waals surface area contributed by atoms with Crippen molar-refractivity contribution in [2.24, 2.45) is 0 Å². The Morgan fingerprint density at radius 1 is 0.871 bits per heavy atom. The minimum Gasteiger partial charge on any atom is -0.493 e. The number of methoxy groups -OCH3 is 3. The van der Waals surface area contributed by atoms with Crippen LogP contribution < -0.4 is 18.9 Å². The van der Waals surface area contributed by atoms with Crippen LogP contribution in [0.5, 0.6) is 28.9 Å². The Balaban J connectivity index is 1.88. The van der Waals surface area contributed by atoms with E-state index >= 15 is 0 Å². The third-order valence-corrected chi connectivity index (χ3v) is 4.82. The van der Waals surface area contributed by atoms with Crippen molar-refractivity contribution in [1.82, 2.24) is 24.6 Å². The van der Waals surface area contributed by atoms with Crippen molar-refractivity contribution in [2.75, 3.05) is 21.3 Å². The first-order valence-electron chi connectivity index (χ1n) is 9.60. The van der Waals surface area contributed by atoms with Crippen LogP contribution in [0.3, 0.4) is 0 Å². The molecule has 0 atom stereocenters. The molecule has 3 aromatic heterocycles. The van der Waals surface area contributed by atoms with Gasteiger partial charge in [-0.15, -0.1) is 5.10 Å². The molecule has 0 fully saturated rings. The number of hydrogen-bond donors (Lipinski definition) is 0. The van der Waals surface area contributed by atoms with Crippen molar-refractivity contribution in [1.29, 1.82) is 0 Å². The highest BCUT2D eigenvalue weighted by Crippen LogP contribution is 2.42. The van der Waals surface area contributed by atoms with Gasteiger partial charge in [0.25, 0.3) is 0 Å². The van der Waals surface area contributed by atoms with Gasteiger partial charge < -0.3 is 18.9 Å². The summed E-state index contributed by atoms with van der Waals surface area (Å²) in [4.78, 5) is 13.6. The minimum atomic E-state index is 0.359. The maximum absolute atomic E-state index is 6.21. The number of nitrogens with zero attached hydrogens (tertiary/aromatic N) is 5. The first-order valence-corrected chi connectivity index (χ1v) is 9.60. The molecule has 0 aliphatic rings. The topological polar surface area (TPSA) is 92.9 Å². The summed E-state index contributed by atoms with van der Waals surface area (Å²) in [6.07, 6.45) is 1.73. The van der Waals surface area contributed by atoms with E-state index in [2.05, 4.69) is 20.1 Å². The number of rotatable bonds is 6. The summed E-state index contributed by atoms with van der Waals surface area (Å²) in [5, 5.41) is 4.65. The number of benzene rings is 1. The second kappa shape index (κ2) is 8.10. The second-order valence-electron chi connectivity index (χ2n) is 6.90. The predicted molar refractivity (Wildman–Crippen MR) is 114 cm³/mol. The van der Waals surface area contributed by atoms with Gasteiger partial charge in [-0.25, -0.2) is 9.50 Å². The Kier molecular flexibility index (Phi) is 5.33. The maximum atomic E-state index is 6.21. The van der Waals surface area contributed by atoms with Gasteiger partial charge in [0, 0.05) is 29.6 Å². The van der Waals surface area contributed by atoms with Crippen LogP contribution >= 0.6 is 0 Å². The van der Waals surface area contributed by atoms with E-state index in [1.807, 2.05) is 32.9 Å². The molecule has 0 amide bonds. The van der Waals surface area contributed by atoms with Gasteiger partial charge in [-0.1, -0.05) is 0 Å². The molecule has 0 N–H and O–H groups in total. The first-order chi connectivity index (χ1) is 14.9. The third-order valence-electron chi connectivity index (χ3n) is 4.82. The summed E-state index contributed by atoms with van der Waals surface area (Å²) < 4.78 is 24.2. The number of aromatic nitrogens is 5. The van der Waals surface area contributed by atoms with E-state index in [1.165, 1.54) is 0 Å². The van der Waals surface area contributed by atoms with Crippen molar-refractivity contribution >= 4 is 5.52 Å². The van der Waals surface area contributed by atoms with Crippen LogP contribution in [0.1, 0.15) is 17.2 Å². The molecule has 0 aliphatic heterocycles. The normalized spacial score (nSPS) is 10.9. The molecular formula is C22H23N5O4. The average molecular weight is 421 g/mol. The number of ether oxygens (including phenoxy) is 4. The number of hydrogen-bond acceptors (Lipinski definition) is 8. The Labute approximate surface area is 179 Å². The number of fused-ring (bicyclic) bond motifs is 1. The maximum Gasteiger partial charge on any atom is 0.249 e. The number of imidazole rings is 1. The van der Waals surface area contributed by atoms with Crippen LogP contribution in [0.2, 0.25) is 0 Å². The molecular weight excluding hydrogens is 398 g/mol. The summed E-state index contributed by atoms with van der Waals surface area (Å²) in [5.74, 6) is 3.47. The molecule has 0 spiro atoms. The van der Waals surface area contributed by atoms with Gasteiger partial charge in [-0.05, 0) is 32.9 Å². The van der Waals surface area contributed by atoms with E-state index in [0.717, 1.165) is 22.8 Å². The van der Waals surface area contributed by atoms with Crippen LogP contribution in [-0.4, -0.2) is 45.9 Å². The zero-order valence-electron chi connectivity index (χ0n) is 18.3. The lowest BCUT2D eigenvalue weighted by Gasteiger charge is -2.15. The van der Waals surface area contributed by atoms with E-state index in [4.69, 9.17) is 18.9 Å². The van der Waals surface area contributed by atoms with E-state index in [1.54, 1.807) is 44.2 Å². The quantitative estimate of drug-likeness (QED) is 0.462. The molecule has 31 heavy (non-hydrogen) atoms. The summed E-state index contributed by atoms with van der Waals surface area (Å²) in [6.45, 7) is 5.70. The zero-order chi connectivity index (χ0) is 22.1. The van der Waals surface area contributed by atoms with Crippen LogP contribution in [0.25, 0.3) is 16.9 Å². The zero-order valence-corrected chi connectivity index (χ0v) is 18.3. The van der Waals surface area contributed by atoms with Gasteiger partial charge in [-0.2, -0.15) is 4.98 Å². The lowest BCUT2D eigenvalue weighted by atomic mass is 10.2. The monoisotopic (exact) mass is 421 g/mol. The second-order valence-corrected chi connectivity index (χ2v) is 6.90. The third kappa shape index (κ3) is 3.70. The molecule has 4 rings (SSSR count). The summed E-state index contributed by atoms with van der Waals surface area (Å²) in [5.41, 5.74) is 3.12. The molecule has 0 radical (unpaired) electrons. The fourth-order valence-electron chi connectivity index (χ4n) is 3.31. The molecule has 4 aromatic rings. The van der Waals surface area contributed by atoms with E-state index in [0.29, 0.717) is 40.2 Å². The van der Waals surface area contributed by atoms with Crippen LogP contribution in [0.4, 0.5) is 0 Å². The molecule has 0 saturated carbocycles. The Hall–Kier alpha value is -3.88. The lowest BCUT2D eigenvalue weighted by molar-refractivity contribution is 0.320. The van der Waals surface area contributed by atoms with Gasteiger partial charge in [0.05, 0.1) is 27.0 Å². The molecule has 0 saturated heterocycles. The highest BCUT2D eigenvalue weighted by molar-refractivity contribution is 5.66. The van der Waals surface area contributed by atoms with Crippen molar-refractivity contribution in [3.05, 3.63) is 47.7 Å². The standard InChI is InChI=1S/C22H23N5O4/c1-12-7-8-15(11-23-12)21-25-22(19-13(2)24-14(3)27(19)26-21)31-16-9-17(28-4)20(30-6)18(10-16)29-5/h7-11H,1-6H3. The Morgan fingerprint density at radius 2 is 1.58 bits per heavy atom. The predicted octanol–water partition coefficient (Wildman–Crippen LogP) is 3.93. The average Bonchev–Trinajstić information content (AvgIpc) is 3.07. The fourth-order valence-corrected chi connectivity index (χ4v) is 3.31. The number of aryl methyl sites for hydroxylation is 3. The van der Waals surface area contributed by atoms with E-state index in [-0.39, 0.29) is 0 Å². The molecule has 3 heterocycles. The first kappa shape index (κ1) is 20.4. The van der Waals surface area contributed by atoms with Gasteiger partial charge in [0.2, 0.25) is 11.6 Å². The number of pyridine rings is 1. The molecule has 9 nitrogen and oxygen atoms in total. The minimum absolute atomic E-state index is 0.359. The Morgan fingerprint density at radius 3 is 2.16 bits per heavy atom. The molecule has 0 aliphatic carbocycles. The highest BCUT2D eigenvalue weighted by atomic mass is 16.5. The van der Waals surface area contributed by atoms with Crippen LogP contribution in [0, 0.1) is 20.8 Å². The summed E-state index contributed by atoms with van der Waals surface area (Å²) >= 11 is 0. The fraction of sp³-hybridized carbons (Fsp3) is 0.273. The molecule has 160 valence electrons. The van der Waals surface area contributed by atoms with E-state index in [9.17, 15) is 0 Å².